The smallest absolute Gasteiger partial charge is 0.132 e. The zero-order valence-electron chi connectivity index (χ0n) is 6.16. The molecule has 3 nitrogen and oxygen atoms in total. The Bertz CT molecular complexity index is 428. The van der Waals surface area contributed by atoms with Crippen molar-refractivity contribution in [3.8, 4) is 0 Å². The van der Waals surface area contributed by atoms with E-state index in [2.05, 4.69) is 9.97 Å². The number of aromatic nitrogens is 2. The summed E-state index contributed by atoms with van der Waals surface area (Å²) in [6.07, 6.45) is 3.27. The van der Waals surface area contributed by atoms with Gasteiger partial charge in [0.25, 0.3) is 0 Å². The molecule has 0 saturated heterocycles. The first-order valence-corrected chi connectivity index (χ1v) is 3.81. The average Bonchev–Trinajstić information content (AvgIpc) is 2.04. The van der Waals surface area contributed by atoms with Crippen LogP contribution in [0.4, 0.5) is 5.82 Å². The number of hydrogen-bond donors (Lipinski definition) is 1. The first-order valence-electron chi connectivity index (χ1n) is 3.43. The van der Waals surface area contributed by atoms with E-state index in [1.54, 1.807) is 18.5 Å². The molecule has 0 saturated carbocycles. The second kappa shape index (κ2) is 2.60. The highest BCUT2D eigenvalue weighted by molar-refractivity contribution is 6.30. The van der Waals surface area contributed by atoms with Crippen molar-refractivity contribution in [1.82, 2.24) is 9.97 Å². The number of rotatable bonds is 0. The monoisotopic (exact) mass is 179 g/mol. The Balaban J connectivity index is 2.86. The number of nitrogens with two attached hydrogens (primary N) is 1. The van der Waals surface area contributed by atoms with E-state index in [9.17, 15) is 0 Å². The summed E-state index contributed by atoms with van der Waals surface area (Å²) in [6.45, 7) is 0. The maximum Gasteiger partial charge on any atom is 0.132 e. The van der Waals surface area contributed by atoms with Gasteiger partial charge >= 0.3 is 0 Å². The number of fused-ring (bicyclic) bond motifs is 1. The van der Waals surface area contributed by atoms with Gasteiger partial charge in [-0.2, -0.15) is 0 Å². The molecule has 0 aliphatic rings. The molecule has 0 aromatic carbocycles. The molecule has 0 aliphatic carbocycles. The van der Waals surface area contributed by atoms with E-state index in [-0.39, 0.29) is 0 Å². The molecule has 2 N–H and O–H groups in total. The minimum Gasteiger partial charge on any atom is -0.383 e. The summed E-state index contributed by atoms with van der Waals surface area (Å²) in [5.41, 5.74) is 5.61. The number of anilines is 1. The number of nitrogen functional groups attached to an aromatic ring is 1. The predicted octanol–water partition coefficient (Wildman–Crippen LogP) is 1.87. The van der Waals surface area contributed by atoms with Crippen LogP contribution >= 0.6 is 11.6 Å². The summed E-state index contributed by atoms with van der Waals surface area (Å²) in [6, 6.07) is 3.61. The lowest BCUT2D eigenvalue weighted by Gasteiger charge is -1.99. The van der Waals surface area contributed by atoms with Crippen molar-refractivity contribution >= 4 is 28.2 Å². The van der Waals surface area contributed by atoms with E-state index in [0.717, 1.165) is 10.8 Å². The van der Waals surface area contributed by atoms with Crippen LogP contribution in [0, 0.1) is 0 Å². The van der Waals surface area contributed by atoms with E-state index in [1.807, 2.05) is 6.07 Å². The van der Waals surface area contributed by atoms with Crippen molar-refractivity contribution in [3.05, 3.63) is 29.7 Å². The van der Waals surface area contributed by atoms with Gasteiger partial charge in [0.1, 0.15) is 11.0 Å². The Labute approximate surface area is 74.2 Å². The predicted molar refractivity (Wildman–Crippen MR) is 49.0 cm³/mol. The lowest BCUT2D eigenvalue weighted by Crippen LogP contribution is -1.91. The quantitative estimate of drug-likeness (QED) is 0.628. The molecule has 0 fully saturated rings. The van der Waals surface area contributed by atoms with Gasteiger partial charge in [-0.1, -0.05) is 11.6 Å². The summed E-state index contributed by atoms with van der Waals surface area (Å²) in [4.78, 5) is 7.85. The summed E-state index contributed by atoms with van der Waals surface area (Å²) in [5, 5.41) is 2.26. The van der Waals surface area contributed by atoms with E-state index in [4.69, 9.17) is 17.3 Å². The summed E-state index contributed by atoms with van der Waals surface area (Å²) in [7, 11) is 0. The zero-order valence-corrected chi connectivity index (χ0v) is 6.92. The molecule has 2 rings (SSSR count). The van der Waals surface area contributed by atoms with Crippen molar-refractivity contribution in [2.45, 2.75) is 0 Å². The van der Waals surface area contributed by atoms with Gasteiger partial charge in [0.05, 0.1) is 0 Å². The number of hydrogen-bond acceptors (Lipinski definition) is 3. The zero-order chi connectivity index (χ0) is 8.55. The Hall–Kier alpha value is -1.35. The highest BCUT2D eigenvalue weighted by atomic mass is 35.5. The molecule has 12 heavy (non-hydrogen) atoms. The molecule has 0 bridgehead atoms. The van der Waals surface area contributed by atoms with Gasteiger partial charge in [-0.25, -0.2) is 9.97 Å². The molecule has 2 heterocycles. The number of pyridine rings is 2. The minimum absolute atomic E-state index is 0.466. The average molecular weight is 180 g/mol. The maximum atomic E-state index is 5.70. The Morgan fingerprint density at radius 3 is 3.00 bits per heavy atom. The van der Waals surface area contributed by atoms with Gasteiger partial charge in [0, 0.05) is 17.8 Å². The lowest BCUT2D eigenvalue weighted by molar-refractivity contribution is 1.32. The molecule has 0 unspecified atom stereocenters. The van der Waals surface area contributed by atoms with Gasteiger partial charge in [-0.3, -0.25) is 0 Å². The maximum absolute atomic E-state index is 5.70. The van der Waals surface area contributed by atoms with E-state index in [1.165, 1.54) is 0 Å². The Morgan fingerprint density at radius 1 is 1.33 bits per heavy atom. The van der Waals surface area contributed by atoms with Gasteiger partial charge < -0.3 is 5.73 Å². The highest BCUT2D eigenvalue weighted by Crippen LogP contribution is 2.19. The largest absolute Gasteiger partial charge is 0.383 e. The molecule has 2 aromatic heterocycles. The molecule has 0 atom stereocenters. The second-order valence-electron chi connectivity index (χ2n) is 2.42. The third-order valence-electron chi connectivity index (χ3n) is 1.65. The van der Waals surface area contributed by atoms with Crippen molar-refractivity contribution in [2.75, 3.05) is 5.73 Å². The minimum atomic E-state index is 0.466. The molecule has 0 radical (unpaired) electrons. The van der Waals surface area contributed by atoms with Crippen LogP contribution in [-0.2, 0) is 0 Å². The van der Waals surface area contributed by atoms with Crippen molar-refractivity contribution in [1.29, 1.82) is 0 Å². The third kappa shape index (κ3) is 1.08. The molecular weight excluding hydrogens is 174 g/mol. The summed E-state index contributed by atoms with van der Waals surface area (Å²) in [5.74, 6) is 0.483. The molecule has 2 aromatic rings. The fraction of sp³-hybridized carbons (Fsp3) is 0. The fourth-order valence-electron chi connectivity index (χ4n) is 1.06. The number of halogens is 1. The molecule has 0 amide bonds. The molecule has 0 spiro atoms. The van der Waals surface area contributed by atoms with Crippen LogP contribution in [0.5, 0.6) is 0 Å². The highest BCUT2D eigenvalue weighted by Gasteiger charge is 1.98. The summed E-state index contributed by atoms with van der Waals surface area (Å²) >= 11 is 5.70. The lowest BCUT2D eigenvalue weighted by atomic mass is 10.2. The second-order valence-corrected chi connectivity index (χ2v) is 2.81. The van der Waals surface area contributed by atoms with Crippen LogP contribution in [0.2, 0.25) is 5.15 Å². The van der Waals surface area contributed by atoms with Gasteiger partial charge in [-0.15, -0.1) is 0 Å². The topological polar surface area (TPSA) is 51.8 Å². The van der Waals surface area contributed by atoms with E-state index in [0.29, 0.717) is 11.0 Å². The summed E-state index contributed by atoms with van der Waals surface area (Å²) < 4.78 is 0. The van der Waals surface area contributed by atoms with Crippen LogP contribution in [0.15, 0.2) is 24.5 Å². The molecule has 4 heteroatoms. The van der Waals surface area contributed by atoms with Gasteiger partial charge in [-0.05, 0) is 17.5 Å². The SMILES string of the molecule is Nc1nccc2cc(Cl)ncc12. The van der Waals surface area contributed by atoms with Crippen molar-refractivity contribution < 1.29 is 0 Å². The first-order chi connectivity index (χ1) is 5.77. The van der Waals surface area contributed by atoms with Crippen LogP contribution < -0.4 is 5.73 Å². The standard InChI is InChI=1S/C8H6ClN3/c9-7-3-5-1-2-11-8(10)6(5)4-12-7/h1-4H,(H2,10,11). The first kappa shape index (κ1) is 7.31. The Kier molecular flexibility index (Phi) is 1.59. The van der Waals surface area contributed by atoms with Crippen LogP contribution in [0.1, 0.15) is 0 Å². The Morgan fingerprint density at radius 2 is 2.17 bits per heavy atom. The van der Waals surface area contributed by atoms with Crippen molar-refractivity contribution in [3.63, 3.8) is 0 Å². The van der Waals surface area contributed by atoms with Crippen LogP contribution in [0.3, 0.4) is 0 Å². The van der Waals surface area contributed by atoms with Crippen LogP contribution in [0.25, 0.3) is 10.8 Å². The molecular formula is C8H6ClN3. The molecule has 60 valence electrons. The van der Waals surface area contributed by atoms with E-state index >= 15 is 0 Å². The fourth-order valence-corrected chi connectivity index (χ4v) is 1.23. The number of nitrogens with zero attached hydrogens (tertiary/aromatic N) is 2. The van der Waals surface area contributed by atoms with Gasteiger partial charge in [0.2, 0.25) is 0 Å². The molecule has 0 aliphatic heterocycles. The van der Waals surface area contributed by atoms with Crippen LogP contribution in [-0.4, -0.2) is 9.97 Å². The van der Waals surface area contributed by atoms with E-state index < -0.39 is 0 Å². The van der Waals surface area contributed by atoms with Crippen molar-refractivity contribution in [2.24, 2.45) is 0 Å². The van der Waals surface area contributed by atoms with Gasteiger partial charge in [0.15, 0.2) is 0 Å². The normalized spacial score (nSPS) is 10.4. The third-order valence-corrected chi connectivity index (χ3v) is 1.85.